The Morgan fingerprint density at radius 2 is 1.20 bits per heavy atom. The summed E-state index contributed by atoms with van der Waals surface area (Å²) in [6, 6.07) is 4.50. The summed E-state index contributed by atoms with van der Waals surface area (Å²) in [6.07, 6.45) is 0. The van der Waals surface area contributed by atoms with E-state index in [9.17, 15) is 14.4 Å². The van der Waals surface area contributed by atoms with Crippen molar-refractivity contribution in [1.82, 2.24) is 0 Å². The van der Waals surface area contributed by atoms with Crippen molar-refractivity contribution in [2.24, 2.45) is 0 Å². The van der Waals surface area contributed by atoms with Gasteiger partial charge in [-0.05, 0) is 25.1 Å². The monoisotopic (exact) mass is 428 g/mol. The maximum Gasteiger partial charge on any atom is 0.222 e. The Hall–Kier alpha value is -0.310. The number of halogens is 2. The Labute approximate surface area is 114 Å². The maximum absolute atomic E-state index is 11.2. The third-order valence-electron chi connectivity index (χ3n) is 1.79. The van der Waals surface area contributed by atoms with E-state index in [1.165, 1.54) is 25.1 Å². The number of ketones is 1. The highest BCUT2D eigenvalue weighted by atomic mass is 127. The molecule has 5 heteroatoms. The summed E-state index contributed by atoms with van der Waals surface area (Å²) < 4.78 is -0.371. The molecule has 0 unspecified atom stereocenters. The summed E-state index contributed by atoms with van der Waals surface area (Å²) in [7, 11) is 0. The highest BCUT2D eigenvalue weighted by Crippen LogP contribution is 2.16. The molecule has 0 aromatic heterocycles. The zero-order valence-electron chi connectivity index (χ0n) is 7.71. The van der Waals surface area contributed by atoms with Crippen LogP contribution in [0.4, 0.5) is 0 Å². The van der Waals surface area contributed by atoms with E-state index in [0.29, 0.717) is 16.7 Å². The van der Waals surface area contributed by atoms with Gasteiger partial charge in [0.25, 0.3) is 0 Å². The number of carbonyl (C=O) groups excluding carboxylic acids is 3. The molecule has 0 spiro atoms. The van der Waals surface area contributed by atoms with Crippen molar-refractivity contribution in [2.45, 2.75) is 6.92 Å². The molecule has 0 aliphatic heterocycles. The van der Waals surface area contributed by atoms with Gasteiger partial charge in [0.1, 0.15) is 0 Å². The fourth-order valence-electron chi connectivity index (χ4n) is 1.06. The van der Waals surface area contributed by atoms with E-state index in [0.717, 1.165) is 0 Å². The first-order chi connectivity index (χ1) is 6.91. The Morgan fingerprint density at radius 1 is 0.867 bits per heavy atom. The van der Waals surface area contributed by atoms with Crippen molar-refractivity contribution in [3.8, 4) is 0 Å². The number of hydrogen-bond acceptors (Lipinski definition) is 3. The van der Waals surface area contributed by atoms with Gasteiger partial charge in [-0.2, -0.15) is 0 Å². The lowest BCUT2D eigenvalue weighted by atomic mass is 10.0. The summed E-state index contributed by atoms with van der Waals surface area (Å²) in [5, 5.41) is 0. The van der Waals surface area contributed by atoms with Crippen LogP contribution < -0.4 is 0 Å². The summed E-state index contributed by atoms with van der Waals surface area (Å²) in [5.74, 6) is -0.159. The molecular weight excluding hydrogens is 422 g/mol. The van der Waals surface area contributed by atoms with Crippen LogP contribution in [-0.4, -0.2) is 13.4 Å². The van der Waals surface area contributed by atoms with Crippen molar-refractivity contribution < 1.29 is 14.4 Å². The SMILES string of the molecule is CC(=O)c1cc(C(=O)I)cc(C(=O)I)c1. The van der Waals surface area contributed by atoms with E-state index < -0.39 is 0 Å². The lowest BCUT2D eigenvalue weighted by molar-refractivity contribution is 0.101. The Morgan fingerprint density at radius 3 is 1.47 bits per heavy atom. The van der Waals surface area contributed by atoms with Gasteiger partial charge in [-0.1, -0.05) is 0 Å². The van der Waals surface area contributed by atoms with Gasteiger partial charge < -0.3 is 0 Å². The number of benzene rings is 1. The van der Waals surface area contributed by atoms with Gasteiger partial charge in [-0.25, -0.2) is 0 Å². The van der Waals surface area contributed by atoms with E-state index in [4.69, 9.17) is 0 Å². The molecule has 0 radical (unpaired) electrons. The molecule has 1 aromatic carbocycles. The van der Waals surface area contributed by atoms with Gasteiger partial charge in [0.15, 0.2) is 5.78 Å². The van der Waals surface area contributed by atoms with Crippen molar-refractivity contribution in [3.05, 3.63) is 34.9 Å². The van der Waals surface area contributed by atoms with Crippen LogP contribution in [0.2, 0.25) is 0 Å². The quantitative estimate of drug-likeness (QED) is 0.423. The molecule has 3 nitrogen and oxygen atoms in total. The predicted octanol–water partition coefficient (Wildman–Crippen LogP) is 3.04. The predicted molar refractivity (Wildman–Crippen MR) is 73.1 cm³/mol. The molecule has 0 aliphatic rings. The van der Waals surface area contributed by atoms with Crippen molar-refractivity contribution >= 4 is 58.5 Å². The summed E-state index contributed by atoms with van der Waals surface area (Å²) >= 11 is 3.25. The number of carbonyl (C=O) groups is 3. The molecule has 1 aromatic rings. The largest absolute Gasteiger partial charge is 0.295 e. The van der Waals surface area contributed by atoms with Gasteiger partial charge in [-0.3, -0.25) is 14.4 Å². The molecule has 0 fully saturated rings. The maximum atomic E-state index is 11.2. The standard InChI is InChI=1S/C10H6I2O3/c1-5(13)6-2-7(9(11)14)4-8(3-6)10(12)15/h2-4H,1H3. The van der Waals surface area contributed by atoms with Crippen LogP contribution in [0.1, 0.15) is 38.0 Å². The molecule has 0 amide bonds. The molecule has 0 saturated heterocycles. The second-order valence-electron chi connectivity index (χ2n) is 2.90. The summed E-state index contributed by atoms with van der Waals surface area (Å²) in [4.78, 5) is 33.5. The minimum atomic E-state index is -0.186. The van der Waals surface area contributed by atoms with Gasteiger partial charge in [0, 0.05) is 61.9 Å². The Kier molecular flexibility index (Phi) is 4.38. The lowest BCUT2D eigenvalue weighted by Gasteiger charge is -2.02. The first kappa shape index (κ1) is 12.8. The van der Waals surface area contributed by atoms with E-state index in [1.807, 2.05) is 0 Å². The van der Waals surface area contributed by atoms with Gasteiger partial charge in [-0.15, -0.1) is 0 Å². The molecule has 15 heavy (non-hydrogen) atoms. The highest BCUT2D eigenvalue weighted by molar-refractivity contribution is 14.1. The van der Waals surface area contributed by atoms with Crippen LogP contribution in [0.3, 0.4) is 0 Å². The third kappa shape index (κ3) is 3.33. The topological polar surface area (TPSA) is 51.2 Å². The Balaban J connectivity index is 3.39. The molecule has 78 valence electrons. The number of Topliss-reactive ketones (excluding diaryl/α,β-unsaturated/α-hetero) is 1. The Bertz CT molecular complexity index is 373. The van der Waals surface area contributed by atoms with Crippen LogP contribution in [-0.2, 0) is 0 Å². The second kappa shape index (κ2) is 5.15. The zero-order valence-corrected chi connectivity index (χ0v) is 12.0. The number of rotatable bonds is 3. The van der Waals surface area contributed by atoms with E-state index >= 15 is 0 Å². The fourth-order valence-corrected chi connectivity index (χ4v) is 1.68. The van der Waals surface area contributed by atoms with Crippen molar-refractivity contribution in [1.29, 1.82) is 0 Å². The van der Waals surface area contributed by atoms with Gasteiger partial charge in [0.2, 0.25) is 7.58 Å². The van der Waals surface area contributed by atoms with Crippen molar-refractivity contribution in [2.75, 3.05) is 0 Å². The summed E-state index contributed by atoms with van der Waals surface area (Å²) in [5.41, 5.74) is 1.14. The van der Waals surface area contributed by atoms with E-state index in [1.54, 1.807) is 45.2 Å². The van der Waals surface area contributed by atoms with Crippen LogP contribution >= 0.6 is 45.2 Å². The van der Waals surface area contributed by atoms with Gasteiger partial charge in [0.05, 0.1) is 0 Å². The normalized spacial score (nSPS) is 9.80. The molecule has 0 heterocycles. The first-order valence-corrected chi connectivity index (χ1v) is 6.13. The molecule has 0 N–H and O–H groups in total. The molecule has 0 saturated carbocycles. The minimum Gasteiger partial charge on any atom is -0.295 e. The second-order valence-corrected chi connectivity index (χ2v) is 4.86. The molecule has 0 bridgehead atoms. The molecular formula is C10H6I2O3. The molecule has 1 rings (SSSR count). The van der Waals surface area contributed by atoms with Crippen LogP contribution in [0.5, 0.6) is 0 Å². The molecule has 0 aliphatic carbocycles. The molecule has 0 atom stereocenters. The van der Waals surface area contributed by atoms with E-state index in [-0.39, 0.29) is 13.4 Å². The van der Waals surface area contributed by atoms with Crippen LogP contribution in [0, 0.1) is 0 Å². The number of hydrogen-bond donors (Lipinski definition) is 0. The average Bonchev–Trinajstić information content (AvgIpc) is 2.16. The average molecular weight is 428 g/mol. The smallest absolute Gasteiger partial charge is 0.222 e. The van der Waals surface area contributed by atoms with Gasteiger partial charge >= 0.3 is 0 Å². The van der Waals surface area contributed by atoms with E-state index in [2.05, 4.69) is 0 Å². The van der Waals surface area contributed by atoms with Crippen LogP contribution in [0.15, 0.2) is 18.2 Å². The summed E-state index contributed by atoms with van der Waals surface area (Å²) in [6.45, 7) is 1.40. The fraction of sp³-hybridized carbons (Fsp3) is 0.100. The highest BCUT2D eigenvalue weighted by Gasteiger charge is 2.11. The zero-order chi connectivity index (χ0) is 11.6. The van der Waals surface area contributed by atoms with Crippen LogP contribution in [0.25, 0.3) is 0 Å². The third-order valence-corrected chi connectivity index (χ3v) is 3.04. The first-order valence-electron chi connectivity index (χ1n) is 3.97. The minimum absolute atomic E-state index is 0.159. The van der Waals surface area contributed by atoms with Crippen molar-refractivity contribution in [3.63, 3.8) is 0 Å². The lowest BCUT2D eigenvalue weighted by Crippen LogP contribution is -2.00.